The van der Waals surface area contributed by atoms with Crippen LogP contribution in [0.2, 0.25) is 0 Å². The summed E-state index contributed by atoms with van der Waals surface area (Å²) in [4.78, 5) is 27.6. The molecule has 0 fully saturated rings. The highest BCUT2D eigenvalue weighted by Gasteiger charge is 2.36. The van der Waals surface area contributed by atoms with E-state index in [1.54, 1.807) is 23.0 Å². The third-order valence-electron chi connectivity index (χ3n) is 6.33. The van der Waals surface area contributed by atoms with E-state index in [0.29, 0.717) is 10.9 Å². The third kappa shape index (κ3) is 2.72. The molecule has 0 spiro atoms. The molecule has 1 atom stereocenters. The van der Waals surface area contributed by atoms with Crippen molar-refractivity contribution in [2.45, 2.75) is 13.0 Å². The molecule has 0 radical (unpaired) electrons. The van der Waals surface area contributed by atoms with Gasteiger partial charge in [0, 0.05) is 14.1 Å². The highest BCUT2D eigenvalue weighted by molar-refractivity contribution is 7.10. The number of ether oxygens (including phenoxy) is 1. The number of hydrogen-bond donors (Lipinski definition) is 0. The van der Waals surface area contributed by atoms with Crippen molar-refractivity contribution >= 4 is 22.2 Å². The molecule has 0 unspecified atom stereocenters. The maximum absolute atomic E-state index is 13.6. The van der Waals surface area contributed by atoms with Gasteiger partial charge < -0.3 is 9.30 Å². The molecule has 7 heteroatoms. The van der Waals surface area contributed by atoms with Crippen LogP contribution in [0.25, 0.3) is 27.8 Å². The van der Waals surface area contributed by atoms with E-state index in [1.165, 1.54) is 11.6 Å². The monoisotopic (exact) mass is 455 g/mol. The summed E-state index contributed by atoms with van der Waals surface area (Å²) in [6.45, 7) is 2.04. The number of thiophene rings is 1. The van der Waals surface area contributed by atoms with Gasteiger partial charge in [-0.15, -0.1) is 11.3 Å². The van der Waals surface area contributed by atoms with Gasteiger partial charge in [-0.1, -0.05) is 48.0 Å². The number of hydrogen-bond acceptors (Lipinski definition) is 4. The number of aromatic nitrogens is 3. The minimum Gasteiger partial charge on any atom is -0.476 e. The first-order chi connectivity index (χ1) is 16.0. The van der Waals surface area contributed by atoms with Crippen LogP contribution in [-0.4, -0.2) is 13.7 Å². The van der Waals surface area contributed by atoms with Crippen molar-refractivity contribution < 1.29 is 4.74 Å². The summed E-state index contributed by atoms with van der Waals surface area (Å²) in [5.41, 5.74) is 4.39. The Bertz CT molecular complexity index is 1650. The summed E-state index contributed by atoms with van der Waals surface area (Å²) in [5.74, 6) is 0.735. The molecule has 3 aromatic heterocycles. The molecule has 4 heterocycles. The van der Waals surface area contributed by atoms with Gasteiger partial charge in [0.05, 0.1) is 32.9 Å². The number of benzene rings is 2. The van der Waals surface area contributed by atoms with Crippen LogP contribution in [0.5, 0.6) is 5.75 Å². The van der Waals surface area contributed by atoms with Gasteiger partial charge in [-0.25, -0.2) is 4.79 Å². The summed E-state index contributed by atoms with van der Waals surface area (Å²) in [5, 5.41) is 2.52. The highest BCUT2D eigenvalue weighted by atomic mass is 32.1. The Morgan fingerprint density at radius 2 is 1.67 bits per heavy atom. The standard InChI is InChI=1S/C26H21N3O3S/c1-15-10-12-16(13-11-15)21-20-22(27(2)26(31)28(3)25(20)30)23-24(19-9-6-14-33-19)32-18-8-5-4-7-17(18)29(21)23/h4-14,24H,1-3H3/t24-/m1/s1. The number of aryl methyl sites for hydroxylation is 2. The van der Waals surface area contributed by atoms with Crippen LogP contribution < -0.4 is 16.0 Å². The van der Waals surface area contributed by atoms with E-state index >= 15 is 0 Å². The van der Waals surface area contributed by atoms with Gasteiger partial charge in [-0.2, -0.15) is 0 Å². The van der Waals surface area contributed by atoms with Crippen molar-refractivity contribution in [1.82, 2.24) is 13.7 Å². The summed E-state index contributed by atoms with van der Waals surface area (Å²) in [6.07, 6.45) is -0.445. The predicted molar refractivity (Wildman–Crippen MR) is 131 cm³/mol. The summed E-state index contributed by atoms with van der Waals surface area (Å²) in [6, 6.07) is 20.0. The Balaban J connectivity index is 1.88. The minimum atomic E-state index is -0.445. The van der Waals surface area contributed by atoms with E-state index in [9.17, 15) is 9.59 Å². The Morgan fingerprint density at radius 1 is 0.909 bits per heavy atom. The zero-order valence-electron chi connectivity index (χ0n) is 18.4. The molecule has 0 N–H and O–H groups in total. The first-order valence-corrected chi connectivity index (χ1v) is 11.6. The number of fused-ring (bicyclic) bond motifs is 5. The van der Waals surface area contributed by atoms with E-state index in [-0.39, 0.29) is 11.2 Å². The average Bonchev–Trinajstić information content (AvgIpc) is 3.48. The molecule has 164 valence electrons. The molecule has 1 aliphatic heterocycles. The highest BCUT2D eigenvalue weighted by Crippen LogP contribution is 2.47. The Labute approximate surface area is 193 Å². The molecule has 6 rings (SSSR count). The van der Waals surface area contributed by atoms with Gasteiger partial charge in [0.15, 0.2) is 6.10 Å². The average molecular weight is 456 g/mol. The van der Waals surface area contributed by atoms with Crippen LogP contribution >= 0.6 is 11.3 Å². The largest absolute Gasteiger partial charge is 0.476 e. The Morgan fingerprint density at radius 3 is 2.39 bits per heavy atom. The molecule has 0 bridgehead atoms. The van der Waals surface area contributed by atoms with E-state index in [2.05, 4.69) is 4.57 Å². The zero-order valence-corrected chi connectivity index (χ0v) is 19.2. The maximum Gasteiger partial charge on any atom is 0.331 e. The van der Waals surface area contributed by atoms with Gasteiger partial charge >= 0.3 is 5.69 Å². The normalized spacial score (nSPS) is 14.7. The van der Waals surface area contributed by atoms with Gasteiger partial charge in [0.25, 0.3) is 5.56 Å². The lowest BCUT2D eigenvalue weighted by molar-refractivity contribution is 0.233. The summed E-state index contributed by atoms with van der Waals surface area (Å²) >= 11 is 1.59. The van der Waals surface area contributed by atoms with Gasteiger partial charge in [0.1, 0.15) is 5.75 Å². The number of para-hydroxylation sites is 2. The van der Waals surface area contributed by atoms with Crippen molar-refractivity contribution in [3.63, 3.8) is 0 Å². The van der Waals surface area contributed by atoms with Crippen molar-refractivity contribution in [2.75, 3.05) is 0 Å². The van der Waals surface area contributed by atoms with Crippen LogP contribution in [0.1, 0.15) is 22.2 Å². The van der Waals surface area contributed by atoms with Crippen LogP contribution in [-0.2, 0) is 14.1 Å². The lowest BCUT2D eigenvalue weighted by Gasteiger charge is -2.29. The summed E-state index contributed by atoms with van der Waals surface area (Å²) < 4.78 is 11.4. The van der Waals surface area contributed by atoms with Gasteiger partial charge in [-0.05, 0) is 36.1 Å². The number of rotatable bonds is 2. The molecule has 0 saturated carbocycles. The van der Waals surface area contributed by atoms with Crippen molar-refractivity contribution in [2.24, 2.45) is 14.1 Å². The maximum atomic E-state index is 13.6. The first-order valence-electron chi connectivity index (χ1n) is 10.7. The Kier molecular flexibility index (Phi) is 4.25. The van der Waals surface area contributed by atoms with Crippen molar-refractivity contribution in [3.05, 3.63) is 103 Å². The predicted octanol–water partition coefficient (Wildman–Crippen LogP) is 4.55. The lowest BCUT2D eigenvalue weighted by atomic mass is 10.1. The molecule has 0 aliphatic carbocycles. The molecule has 1 aliphatic rings. The SMILES string of the molecule is Cc1ccc(-c2c3c(=O)n(C)c(=O)n(C)c3c3n2-c2ccccc2O[C@@H]3c2cccs2)cc1. The first kappa shape index (κ1) is 19.8. The Hall–Kier alpha value is -3.84. The molecule has 0 saturated heterocycles. The fraction of sp³-hybridized carbons (Fsp3) is 0.154. The van der Waals surface area contributed by atoms with Gasteiger partial charge in [0.2, 0.25) is 0 Å². The number of nitrogens with zero attached hydrogens (tertiary/aromatic N) is 3. The molecule has 33 heavy (non-hydrogen) atoms. The fourth-order valence-electron chi connectivity index (χ4n) is 4.73. The second-order valence-corrected chi connectivity index (χ2v) is 9.32. The van der Waals surface area contributed by atoms with Crippen LogP contribution in [0.4, 0.5) is 0 Å². The van der Waals surface area contributed by atoms with Crippen molar-refractivity contribution in [3.8, 4) is 22.7 Å². The smallest absolute Gasteiger partial charge is 0.331 e. The minimum absolute atomic E-state index is 0.312. The van der Waals surface area contributed by atoms with Crippen LogP contribution in [0.15, 0.2) is 75.6 Å². The molecular formula is C26H21N3O3S. The van der Waals surface area contributed by atoms with Gasteiger partial charge in [-0.3, -0.25) is 13.9 Å². The van der Waals surface area contributed by atoms with Crippen molar-refractivity contribution in [1.29, 1.82) is 0 Å². The quantitative estimate of drug-likeness (QED) is 0.393. The van der Waals surface area contributed by atoms with Crippen LogP contribution in [0.3, 0.4) is 0 Å². The van der Waals surface area contributed by atoms with Crippen LogP contribution in [0, 0.1) is 6.92 Å². The summed E-state index contributed by atoms with van der Waals surface area (Å²) in [7, 11) is 3.25. The second kappa shape index (κ2) is 7.08. The molecule has 2 aromatic carbocycles. The third-order valence-corrected chi connectivity index (χ3v) is 7.25. The molecule has 6 nitrogen and oxygen atoms in total. The topological polar surface area (TPSA) is 58.2 Å². The van der Waals surface area contributed by atoms with E-state index < -0.39 is 6.10 Å². The second-order valence-electron chi connectivity index (χ2n) is 8.35. The van der Waals surface area contributed by atoms with E-state index in [4.69, 9.17) is 4.74 Å². The zero-order chi connectivity index (χ0) is 22.9. The van der Waals surface area contributed by atoms with E-state index in [0.717, 1.165) is 38.8 Å². The molecule has 0 amide bonds. The fourth-order valence-corrected chi connectivity index (χ4v) is 5.48. The van der Waals surface area contributed by atoms with E-state index in [1.807, 2.05) is 73.0 Å². The molecular weight excluding hydrogens is 434 g/mol. The molecule has 5 aromatic rings. The lowest BCUT2D eigenvalue weighted by Crippen LogP contribution is -2.37.